The third-order valence-electron chi connectivity index (χ3n) is 21.6. The van der Waals surface area contributed by atoms with Gasteiger partial charge in [0.25, 0.3) is 0 Å². The Morgan fingerprint density at radius 2 is 0.417 bits per heavy atom. The molecule has 0 aromatic heterocycles. The lowest BCUT2D eigenvalue weighted by Crippen LogP contribution is -2.30. The van der Waals surface area contributed by atoms with Crippen molar-refractivity contribution in [1.82, 2.24) is 0 Å². The Kier molecular flexibility index (Phi) is 95.5. The van der Waals surface area contributed by atoms with E-state index in [1.807, 2.05) is 0 Å². The van der Waals surface area contributed by atoms with E-state index < -0.39 is 91.5 Å². The maximum atomic E-state index is 13.1. The Hall–Kier alpha value is -5.35. The summed E-state index contributed by atoms with van der Waals surface area (Å²) in [6, 6.07) is 0. The van der Waals surface area contributed by atoms with E-state index in [9.17, 15) is 43.5 Å². The number of unbranched alkanes of at least 4 members (excludes halogenated alkanes) is 43. The summed E-state index contributed by atoms with van der Waals surface area (Å²) in [6.07, 6.45) is 132. The summed E-state index contributed by atoms with van der Waals surface area (Å²) in [7, 11) is -9.82. The van der Waals surface area contributed by atoms with E-state index in [-0.39, 0.29) is 19.3 Å². The van der Waals surface area contributed by atoms with Crippen molar-refractivity contribution in [3.8, 4) is 0 Å². The van der Waals surface area contributed by atoms with Crippen LogP contribution in [0.5, 0.6) is 0 Å². The monoisotopic (exact) mass is 1810 g/mol. The van der Waals surface area contributed by atoms with Crippen molar-refractivity contribution in [2.75, 3.05) is 39.6 Å². The molecule has 0 spiro atoms. The molecule has 4 N–H and O–H groups in total. The summed E-state index contributed by atoms with van der Waals surface area (Å²) in [4.78, 5) is 59.2. The van der Waals surface area contributed by atoms with Crippen molar-refractivity contribution >= 4 is 33.6 Å². The molecule has 127 heavy (non-hydrogen) atoms. The van der Waals surface area contributed by atoms with Crippen molar-refractivity contribution in [2.45, 2.75) is 450 Å². The van der Waals surface area contributed by atoms with Gasteiger partial charge in [0, 0.05) is 19.3 Å². The van der Waals surface area contributed by atoms with Crippen LogP contribution < -0.4 is 0 Å². The Morgan fingerprint density at radius 1 is 0.228 bits per heavy atom. The fourth-order valence-corrected chi connectivity index (χ4v) is 15.5. The van der Waals surface area contributed by atoms with Gasteiger partial charge in [0.2, 0.25) is 0 Å². The lowest BCUT2D eigenvalue weighted by Gasteiger charge is -2.21. The van der Waals surface area contributed by atoms with Crippen LogP contribution in [-0.2, 0) is 55.8 Å². The highest BCUT2D eigenvalue weighted by Gasteiger charge is 2.30. The highest BCUT2D eigenvalue weighted by molar-refractivity contribution is 7.47. The lowest BCUT2D eigenvalue weighted by molar-refractivity contribution is -0.161. The van der Waals surface area contributed by atoms with Gasteiger partial charge in [-0.05, 0) is 161 Å². The van der Waals surface area contributed by atoms with Gasteiger partial charge in [-0.25, -0.2) is 9.13 Å². The van der Waals surface area contributed by atoms with Gasteiger partial charge in [-0.3, -0.25) is 32.5 Å². The summed E-state index contributed by atoms with van der Waals surface area (Å²) >= 11 is 0. The predicted molar refractivity (Wildman–Crippen MR) is 537 cm³/mol. The molecule has 728 valence electrons. The van der Waals surface area contributed by atoms with Crippen LogP contribution in [-0.4, -0.2) is 95.9 Å². The minimum absolute atomic E-state index is 0.0949. The van der Waals surface area contributed by atoms with Crippen LogP contribution in [0.3, 0.4) is 0 Å². The predicted octanol–water partition coefficient (Wildman–Crippen LogP) is 32.3. The van der Waals surface area contributed by atoms with E-state index in [1.54, 1.807) is 0 Å². The van der Waals surface area contributed by atoms with Gasteiger partial charge in [-0.15, -0.1) is 0 Å². The molecule has 0 saturated heterocycles. The Bertz CT molecular complexity index is 3040. The molecule has 0 heterocycles. The number of ether oxygens (including phenoxy) is 3. The number of aliphatic hydroxyl groups excluding tert-OH is 2. The average Bonchev–Trinajstić information content (AvgIpc) is 0.906. The highest BCUT2D eigenvalue weighted by atomic mass is 31.2. The van der Waals surface area contributed by atoms with Gasteiger partial charge in [-0.1, -0.05) is 434 Å². The fraction of sp³-hybridized carbons (Fsp3) is 0.697. The molecule has 0 fully saturated rings. The number of carbonyl (C=O) groups excluding carboxylic acids is 3. The van der Waals surface area contributed by atoms with E-state index in [1.165, 1.54) is 212 Å². The molecule has 0 aliphatic heterocycles. The van der Waals surface area contributed by atoms with E-state index in [0.717, 1.165) is 161 Å². The standard InChI is InChI=1S/C109H186O16P2/c1-4-7-10-13-16-19-22-25-28-31-34-37-40-43-46-49-51-54-56-59-62-65-68-71-74-77-80-83-86-89-92-95-107(112)119-98-104(110)99-121-126(115,116)122-100-105(111)101-123-127(117,118)124-103-106(125-109(114)97-94-91-88-85-82-79-76-73-70-67-64-61-58-53-48-45-42-39-36-33-30-27-24-21-18-15-12-9-6-3)102-120-108(113)96-93-90-87-84-81-78-75-72-69-66-63-60-57-55-52-50-47-44-41-38-35-32-29-26-23-20-17-14-11-8-5-2/h7,9-10,12,16-21,25-30,34-39,43-48,58,61,104-106,110-111H,4-6,8,11,13-15,22-24,31-33,40-42,49-57,59-60,62-103H2,1-3H3,(H,115,116)(H,117,118)/b10-7-,12-9-,19-16-,20-17-,21-18-,28-25-,29-26-,30-27-,37-34-,38-35-,39-36-,46-43-,47-44-,48-45-,61-58-. The van der Waals surface area contributed by atoms with Gasteiger partial charge in [-0.2, -0.15) is 0 Å². The summed E-state index contributed by atoms with van der Waals surface area (Å²) < 4.78 is 61.7. The first-order valence-electron chi connectivity index (χ1n) is 51.1. The third-order valence-corrected chi connectivity index (χ3v) is 23.5. The lowest BCUT2D eigenvalue weighted by atomic mass is 10.0. The zero-order valence-corrected chi connectivity index (χ0v) is 82.4. The first-order chi connectivity index (χ1) is 62.2. The quantitative estimate of drug-likeness (QED) is 0.0146. The van der Waals surface area contributed by atoms with E-state index in [0.29, 0.717) is 19.3 Å². The number of carbonyl (C=O) groups is 3. The Morgan fingerprint density at radius 3 is 0.661 bits per heavy atom. The Labute approximate surface area is 776 Å². The van der Waals surface area contributed by atoms with Crippen molar-refractivity contribution in [3.05, 3.63) is 182 Å². The summed E-state index contributed by atoms with van der Waals surface area (Å²) in [5.41, 5.74) is 0. The van der Waals surface area contributed by atoms with Crippen LogP contribution in [0.2, 0.25) is 0 Å². The molecular weight excluding hydrogens is 1630 g/mol. The van der Waals surface area contributed by atoms with E-state index >= 15 is 0 Å². The Balaban J connectivity index is 4.64. The molecule has 0 aliphatic carbocycles. The second-order valence-electron chi connectivity index (χ2n) is 33.9. The van der Waals surface area contributed by atoms with Crippen LogP contribution >= 0.6 is 15.6 Å². The largest absolute Gasteiger partial charge is 0.472 e. The molecular formula is C109H186O16P2. The van der Waals surface area contributed by atoms with Crippen LogP contribution in [0, 0.1) is 0 Å². The number of allylic oxidation sites excluding steroid dienone is 30. The van der Waals surface area contributed by atoms with Crippen molar-refractivity contribution < 1.29 is 75.8 Å². The number of aliphatic hydroxyl groups is 2. The number of hydrogen-bond donors (Lipinski definition) is 4. The smallest absolute Gasteiger partial charge is 0.463 e. The van der Waals surface area contributed by atoms with Crippen molar-refractivity contribution in [3.63, 3.8) is 0 Å². The van der Waals surface area contributed by atoms with E-state index in [2.05, 4.69) is 203 Å². The molecule has 0 aromatic carbocycles. The molecule has 16 nitrogen and oxygen atoms in total. The maximum absolute atomic E-state index is 13.1. The van der Waals surface area contributed by atoms with Crippen molar-refractivity contribution in [1.29, 1.82) is 0 Å². The molecule has 0 radical (unpaired) electrons. The van der Waals surface area contributed by atoms with E-state index in [4.69, 9.17) is 32.3 Å². The van der Waals surface area contributed by atoms with Crippen LogP contribution in [0.4, 0.5) is 0 Å². The number of phosphoric acid groups is 2. The molecule has 0 saturated carbocycles. The number of esters is 3. The number of hydrogen-bond acceptors (Lipinski definition) is 14. The van der Waals surface area contributed by atoms with Gasteiger partial charge in [0.1, 0.15) is 25.4 Å². The number of rotatable bonds is 96. The van der Waals surface area contributed by atoms with Gasteiger partial charge in [0.15, 0.2) is 6.10 Å². The van der Waals surface area contributed by atoms with Crippen LogP contribution in [0.15, 0.2) is 182 Å². The molecule has 0 aliphatic rings. The second-order valence-corrected chi connectivity index (χ2v) is 36.8. The summed E-state index contributed by atoms with van der Waals surface area (Å²) in [5.74, 6) is -1.57. The van der Waals surface area contributed by atoms with Crippen LogP contribution in [0.1, 0.15) is 432 Å². The van der Waals surface area contributed by atoms with Crippen molar-refractivity contribution in [2.24, 2.45) is 0 Å². The molecule has 5 unspecified atom stereocenters. The topological polar surface area (TPSA) is 231 Å². The summed E-state index contributed by atoms with van der Waals surface area (Å²) in [6.45, 7) is 2.49. The van der Waals surface area contributed by atoms with Gasteiger partial charge >= 0.3 is 33.6 Å². The molecule has 0 bridgehead atoms. The summed E-state index contributed by atoms with van der Waals surface area (Å²) in [5, 5.41) is 20.8. The molecule has 18 heteroatoms. The first kappa shape index (κ1) is 122. The first-order valence-corrected chi connectivity index (χ1v) is 54.1. The number of phosphoric ester groups is 2. The van der Waals surface area contributed by atoms with Crippen LogP contribution in [0.25, 0.3) is 0 Å². The SMILES string of the molecule is CC/C=C\C/C=C\C/C=C\C/C=C\C/C=C\C/C=C\CCCCCCCCCCCCC(=O)OC(COC(=O)CCCCCCCCCCCCCCCCC/C=C\C/C=C\C/C=C\C/C=C\CCCCC)COP(=O)(O)OCC(O)COP(=O)(O)OCC(O)COC(=O)CCCCCCCCCCCCCCCCC/C=C\C/C=C\C/C=C\C/C=C\C/C=C\CC. The zero-order valence-electron chi connectivity index (χ0n) is 80.6. The molecule has 0 amide bonds. The second kappa shape index (κ2) is 99.7. The minimum atomic E-state index is -4.95. The van der Waals surface area contributed by atoms with Gasteiger partial charge < -0.3 is 34.2 Å². The fourth-order valence-electron chi connectivity index (χ4n) is 13.9. The molecule has 0 rings (SSSR count). The zero-order chi connectivity index (χ0) is 92.1. The molecule has 0 aromatic rings. The maximum Gasteiger partial charge on any atom is 0.472 e. The highest BCUT2D eigenvalue weighted by Crippen LogP contribution is 2.45. The molecule has 5 atom stereocenters. The van der Waals surface area contributed by atoms with Gasteiger partial charge in [0.05, 0.1) is 26.4 Å². The minimum Gasteiger partial charge on any atom is -0.463 e. The normalized spacial score (nSPS) is 14.4. The third kappa shape index (κ3) is 101. The average molecular weight is 1810 g/mol.